The van der Waals surface area contributed by atoms with Crippen molar-refractivity contribution in [3.8, 4) is 11.5 Å². The highest BCUT2D eigenvalue weighted by Crippen LogP contribution is 2.23. The Morgan fingerprint density at radius 3 is 2.30 bits per heavy atom. The molecule has 0 aromatic heterocycles. The van der Waals surface area contributed by atoms with E-state index in [0.29, 0.717) is 35.8 Å². The third kappa shape index (κ3) is 7.03. The quantitative estimate of drug-likeness (QED) is 0.312. The molecule has 0 aliphatic heterocycles. The van der Waals surface area contributed by atoms with Crippen molar-refractivity contribution in [2.24, 2.45) is 0 Å². The van der Waals surface area contributed by atoms with E-state index in [1.165, 1.54) is 0 Å². The highest BCUT2D eigenvalue weighted by Gasteiger charge is 2.16. The van der Waals surface area contributed by atoms with Gasteiger partial charge in [-0.05, 0) is 55.0 Å². The predicted molar refractivity (Wildman–Crippen MR) is 133 cm³/mol. The molecule has 0 fully saturated rings. The maximum atomic E-state index is 12.7. The van der Waals surface area contributed by atoms with Gasteiger partial charge in [-0.3, -0.25) is 25.8 Å². The van der Waals surface area contributed by atoms with Gasteiger partial charge in [0.1, 0.15) is 18.1 Å². The van der Waals surface area contributed by atoms with Gasteiger partial charge in [0.05, 0.1) is 17.7 Å². The van der Waals surface area contributed by atoms with Crippen molar-refractivity contribution in [2.45, 2.75) is 13.5 Å². The number of para-hydroxylation sites is 1. The van der Waals surface area contributed by atoms with Crippen LogP contribution in [0.2, 0.25) is 0 Å². The molecule has 3 aromatic rings. The smallest absolute Gasteiger partial charge is 0.273 e. The lowest BCUT2D eigenvalue weighted by Crippen LogP contribution is -2.48. The third-order valence-electron chi connectivity index (χ3n) is 4.37. The summed E-state index contributed by atoms with van der Waals surface area (Å²) in [5.41, 5.74) is 6.63. The summed E-state index contributed by atoms with van der Waals surface area (Å²) < 4.78 is 12.0. The Kier molecular flexibility index (Phi) is 8.79. The largest absolute Gasteiger partial charge is 0.493 e. The Morgan fingerprint density at radius 2 is 1.55 bits per heavy atom. The summed E-state index contributed by atoms with van der Waals surface area (Å²) >= 11 is 8.48. The molecule has 0 saturated heterocycles. The van der Waals surface area contributed by atoms with Gasteiger partial charge in [-0.1, -0.05) is 58.4 Å². The molecule has 0 unspecified atom stereocenters. The van der Waals surface area contributed by atoms with E-state index in [4.69, 9.17) is 21.7 Å². The molecule has 7 nitrogen and oxygen atoms in total. The second kappa shape index (κ2) is 12.0. The standard InChI is InChI=1S/C24H22BrN3O4S/c1-2-31-21-13-12-17(25)14-19(21)22(29)26-24(33)28-27-23(30)18-10-6-7-11-20(18)32-15-16-8-4-3-5-9-16/h3-14H,2,15H2,1H3,(H,27,30)(H2,26,28,29,33). The maximum Gasteiger partial charge on any atom is 0.273 e. The lowest BCUT2D eigenvalue weighted by Gasteiger charge is -2.14. The van der Waals surface area contributed by atoms with Crippen LogP contribution < -0.4 is 25.6 Å². The molecular weight excluding hydrogens is 506 g/mol. The van der Waals surface area contributed by atoms with Crippen molar-refractivity contribution in [1.82, 2.24) is 16.2 Å². The summed E-state index contributed by atoms with van der Waals surface area (Å²) in [5, 5.41) is 2.45. The van der Waals surface area contributed by atoms with Gasteiger partial charge in [-0.15, -0.1) is 0 Å². The highest BCUT2D eigenvalue weighted by atomic mass is 79.9. The van der Waals surface area contributed by atoms with Crippen molar-refractivity contribution >= 4 is 45.1 Å². The van der Waals surface area contributed by atoms with Crippen LogP contribution in [-0.2, 0) is 6.61 Å². The molecule has 0 aliphatic rings. The van der Waals surface area contributed by atoms with Gasteiger partial charge in [-0.2, -0.15) is 0 Å². The van der Waals surface area contributed by atoms with Crippen molar-refractivity contribution in [3.63, 3.8) is 0 Å². The van der Waals surface area contributed by atoms with Crippen molar-refractivity contribution in [1.29, 1.82) is 0 Å². The Morgan fingerprint density at radius 1 is 0.848 bits per heavy atom. The molecule has 2 amide bonds. The first-order chi connectivity index (χ1) is 16.0. The molecule has 0 heterocycles. The number of hydrazine groups is 1. The minimum absolute atomic E-state index is 0.0709. The normalized spacial score (nSPS) is 10.1. The number of hydrogen-bond donors (Lipinski definition) is 3. The van der Waals surface area contributed by atoms with Crippen LogP contribution in [0, 0.1) is 0 Å². The van der Waals surface area contributed by atoms with Crippen LogP contribution in [0.15, 0.2) is 77.3 Å². The molecule has 0 spiro atoms. The first kappa shape index (κ1) is 24.2. The number of carbonyl (C=O) groups is 2. The molecule has 3 aromatic carbocycles. The second-order valence-electron chi connectivity index (χ2n) is 6.71. The first-order valence-corrected chi connectivity index (χ1v) is 11.3. The van der Waals surface area contributed by atoms with E-state index in [2.05, 4.69) is 32.1 Å². The number of halogens is 1. The molecular formula is C24H22BrN3O4S. The zero-order chi connectivity index (χ0) is 23.6. The number of amides is 2. The van der Waals surface area contributed by atoms with Gasteiger partial charge < -0.3 is 9.47 Å². The molecule has 33 heavy (non-hydrogen) atoms. The molecule has 3 N–H and O–H groups in total. The Balaban J connectivity index is 1.58. The summed E-state index contributed by atoms with van der Waals surface area (Å²) in [6, 6.07) is 21.6. The van der Waals surface area contributed by atoms with Crippen molar-refractivity contribution < 1.29 is 19.1 Å². The average Bonchev–Trinajstić information content (AvgIpc) is 2.83. The molecule has 0 atom stereocenters. The summed E-state index contributed by atoms with van der Waals surface area (Å²) in [6.45, 7) is 2.56. The van der Waals surface area contributed by atoms with Crippen molar-refractivity contribution in [3.05, 3.63) is 94.0 Å². The zero-order valence-electron chi connectivity index (χ0n) is 17.8. The van der Waals surface area contributed by atoms with E-state index < -0.39 is 11.8 Å². The fourth-order valence-electron chi connectivity index (χ4n) is 2.86. The van der Waals surface area contributed by atoms with E-state index in [1.54, 1.807) is 42.5 Å². The third-order valence-corrected chi connectivity index (χ3v) is 5.07. The fraction of sp³-hybridized carbons (Fsp3) is 0.125. The topological polar surface area (TPSA) is 88.7 Å². The molecule has 3 rings (SSSR count). The number of carbonyl (C=O) groups excluding carboxylic acids is 2. The minimum atomic E-state index is -0.474. The van der Waals surface area contributed by atoms with Crippen LogP contribution in [0.25, 0.3) is 0 Å². The van der Waals surface area contributed by atoms with Gasteiger partial charge >= 0.3 is 0 Å². The number of rotatable bonds is 7. The molecule has 0 saturated carbocycles. The van der Waals surface area contributed by atoms with Gasteiger partial charge in [0, 0.05) is 4.47 Å². The van der Waals surface area contributed by atoms with Gasteiger partial charge in [-0.25, -0.2) is 0 Å². The van der Waals surface area contributed by atoms with Gasteiger partial charge in [0.15, 0.2) is 5.11 Å². The molecule has 0 radical (unpaired) electrons. The van der Waals surface area contributed by atoms with E-state index in [0.717, 1.165) is 10.0 Å². The van der Waals surface area contributed by atoms with Crippen molar-refractivity contribution in [2.75, 3.05) is 6.61 Å². The SMILES string of the molecule is CCOc1ccc(Br)cc1C(=O)NC(=S)NNC(=O)c1ccccc1OCc1ccccc1. The molecule has 0 aliphatic carbocycles. The van der Waals surface area contributed by atoms with Crippen LogP contribution in [0.3, 0.4) is 0 Å². The van der Waals surface area contributed by atoms with E-state index >= 15 is 0 Å². The monoisotopic (exact) mass is 527 g/mol. The van der Waals surface area contributed by atoms with Crippen LogP contribution in [-0.4, -0.2) is 23.5 Å². The lowest BCUT2D eigenvalue weighted by atomic mass is 10.2. The number of nitrogens with one attached hydrogen (secondary N) is 3. The Bertz CT molecular complexity index is 1140. The number of ether oxygens (including phenoxy) is 2. The summed E-state index contributed by atoms with van der Waals surface area (Å²) in [4.78, 5) is 25.3. The maximum absolute atomic E-state index is 12.7. The highest BCUT2D eigenvalue weighted by molar-refractivity contribution is 9.10. The summed E-state index contributed by atoms with van der Waals surface area (Å²) in [7, 11) is 0. The van der Waals surface area contributed by atoms with Crippen LogP contribution in [0.4, 0.5) is 0 Å². The molecule has 0 bridgehead atoms. The summed E-state index contributed by atoms with van der Waals surface area (Å²) in [5.74, 6) is -0.0913. The fourth-order valence-corrected chi connectivity index (χ4v) is 3.36. The number of benzene rings is 3. The van der Waals surface area contributed by atoms with E-state index in [9.17, 15) is 9.59 Å². The average molecular weight is 528 g/mol. The predicted octanol–water partition coefficient (Wildman–Crippen LogP) is 4.38. The first-order valence-electron chi connectivity index (χ1n) is 10.1. The molecule has 9 heteroatoms. The Labute approximate surface area is 205 Å². The number of hydrogen-bond acceptors (Lipinski definition) is 5. The van der Waals surface area contributed by atoms with Gasteiger partial charge in [0.25, 0.3) is 11.8 Å². The van der Waals surface area contributed by atoms with E-state index in [1.807, 2.05) is 37.3 Å². The molecule has 170 valence electrons. The van der Waals surface area contributed by atoms with Crippen LogP contribution in [0.5, 0.6) is 11.5 Å². The van der Waals surface area contributed by atoms with E-state index in [-0.39, 0.29) is 5.11 Å². The van der Waals surface area contributed by atoms with Gasteiger partial charge in [0.2, 0.25) is 0 Å². The zero-order valence-corrected chi connectivity index (χ0v) is 20.2. The minimum Gasteiger partial charge on any atom is -0.493 e. The van der Waals surface area contributed by atoms with Crippen LogP contribution >= 0.6 is 28.1 Å². The lowest BCUT2D eigenvalue weighted by molar-refractivity contribution is 0.0930. The number of thiocarbonyl (C=S) groups is 1. The summed E-state index contributed by atoms with van der Waals surface area (Å²) in [6.07, 6.45) is 0. The second-order valence-corrected chi connectivity index (χ2v) is 8.03. The van der Waals surface area contributed by atoms with Crippen LogP contribution in [0.1, 0.15) is 33.2 Å². The Hall–Kier alpha value is -3.43.